The Labute approximate surface area is 119 Å². The summed E-state index contributed by atoms with van der Waals surface area (Å²) in [4.78, 5) is 2.18. The molecule has 0 aliphatic carbocycles. The van der Waals surface area contributed by atoms with Crippen LogP contribution < -0.4 is 15.4 Å². The maximum Gasteiger partial charge on any atom is 0.240 e. The number of nitrogen functional groups attached to an aromatic ring is 1. The molecule has 0 amide bonds. The van der Waals surface area contributed by atoms with Crippen LogP contribution in [0, 0.1) is 5.92 Å². The van der Waals surface area contributed by atoms with Crippen LogP contribution in [0.4, 0.5) is 11.4 Å². The Hall–Kier alpha value is -1.31. The highest BCUT2D eigenvalue weighted by Crippen LogP contribution is 2.34. The van der Waals surface area contributed by atoms with Crippen molar-refractivity contribution in [3.8, 4) is 0 Å². The van der Waals surface area contributed by atoms with Gasteiger partial charge < -0.3 is 15.7 Å². The molecular weight excluding hydrogens is 278 g/mol. The summed E-state index contributed by atoms with van der Waals surface area (Å²) in [5.41, 5.74) is 7.17. The third-order valence-electron chi connectivity index (χ3n) is 3.96. The zero-order valence-electron chi connectivity index (χ0n) is 11.7. The van der Waals surface area contributed by atoms with Gasteiger partial charge in [-0.15, -0.1) is 0 Å². The lowest BCUT2D eigenvalue weighted by Gasteiger charge is -2.28. The summed E-state index contributed by atoms with van der Waals surface area (Å²) < 4.78 is 26.0. The van der Waals surface area contributed by atoms with Crippen LogP contribution in [0.3, 0.4) is 0 Å². The van der Waals surface area contributed by atoms with Gasteiger partial charge in [-0.25, -0.2) is 13.1 Å². The number of hydrogen-bond acceptors (Lipinski definition) is 5. The normalized spacial score (nSPS) is 23.2. The Bertz CT molecular complexity index is 589. The summed E-state index contributed by atoms with van der Waals surface area (Å²) >= 11 is 0. The standard InChI is InChI=1S/C13H21N3O3S/c1-9-5-6-16(13(9)8-17)12-7-10(3-4-11(12)14)20(18,19)15-2/h3-4,7,9,13,15,17H,5-6,8,14H2,1-2H3. The molecule has 0 bridgehead atoms. The number of rotatable bonds is 4. The molecule has 0 aromatic heterocycles. The van der Waals surface area contributed by atoms with E-state index in [0.29, 0.717) is 17.3 Å². The Balaban J connectivity index is 2.44. The topological polar surface area (TPSA) is 95.7 Å². The van der Waals surface area contributed by atoms with E-state index in [1.807, 2.05) is 4.90 Å². The molecule has 0 spiro atoms. The van der Waals surface area contributed by atoms with Gasteiger partial charge in [0, 0.05) is 6.54 Å². The Morgan fingerprint density at radius 3 is 2.80 bits per heavy atom. The maximum atomic E-state index is 11.9. The lowest BCUT2D eigenvalue weighted by Crippen LogP contribution is -2.35. The molecule has 7 heteroatoms. The van der Waals surface area contributed by atoms with Gasteiger partial charge >= 0.3 is 0 Å². The van der Waals surface area contributed by atoms with Crippen LogP contribution in [-0.4, -0.2) is 39.8 Å². The summed E-state index contributed by atoms with van der Waals surface area (Å²) in [5.74, 6) is 0.351. The van der Waals surface area contributed by atoms with E-state index in [2.05, 4.69) is 11.6 Å². The number of nitrogens with zero attached hydrogens (tertiary/aromatic N) is 1. The molecule has 1 aromatic rings. The molecule has 2 rings (SSSR count). The van der Waals surface area contributed by atoms with E-state index in [9.17, 15) is 13.5 Å². The minimum Gasteiger partial charge on any atom is -0.397 e. The second-order valence-electron chi connectivity index (χ2n) is 5.14. The van der Waals surface area contributed by atoms with Crippen molar-refractivity contribution in [3.05, 3.63) is 18.2 Å². The van der Waals surface area contributed by atoms with Crippen molar-refractivity contribution in [1.82, 2.24) is 4.72 Å². The summed E-state index contributed by atoms with van der Waals surface area (Å²) in [6.45, 7) is 2.87. The van der Waals surface area contributed by atoms with Gasteiger partial charge in [-0.1, -0.05) is 6.92 Å². The first kappa shape index (κ1) is 15.1. The highest BCUT2D eigenvalue weighted by Gasteiger charge is 2.32. The van der Waals surface area contributed by atoms with E-state index in [1.54, 1.807) is 12.1 Å². The molecule has 20 heavy (non-hydrogen) atoms. The Morgan fingerprint density at radius 1 is 1.50 bits per heavy atom. The molecule has 1 aliphatic heterocycles. The van der Waals surface area contributed by atoms with Crippen LogP contribution in [0.2, 0.25) is 0 Å². The fourth-order valence-electron chi connectivity index (χ4n) is 2.64. The SMILES string of the molecule is CNS(=O)(=O)c1ccc(N)c(N2CCC(C)C2CO)c1. The number of anilines is 2. The monoisotopic (exact) mass is 299 g/mol. The summed E-state index contributed by atoms with van der Waals surface area (Å²) in [5, 5.41) is 9.52. The van der Waals surface area contributed by atoms with Crippen molar-refractivity contribution in [1.29, 1.82) is 0 Å². The molecule has 1 aliphatic rings. The smallest absolute Gasteiger partial charge is 0.240 e. The molecule has 0 radical (unpaired) electrons. The third-order valence-corrected chi connectivity index (χ3v) is 5.37. The van der Waals surface area contributed by atoms with Crippen LogP contribution in [0.15, 0.2) is 23.1 Å². The first-order chi connectivity index (χ1) is 9.40. The average molecular weight is 299 g/mol. The first-order valence-corrected chi connectivity index (χ1v) is 8.09. The largest absolute Gasteiger partial charge is 0.397 e. The molecule has 1 heterocycles. The van der Waals surface area contributed by atoms with Crippen LogP contribution in [0.5, 0.6) is 0 Å². The van der Waals surface area contributed by atoms with Crippen LogP contribution in [0.25, 0.3) is 0 Å². The van der Waals surface area contributed by atoms with Gasteiger partial charge in [-0.3, -0.25) is 0 Å². The molecule has 1 aromatic carbocycles. The highest BCUT2D eigenvalue weighted by molar-refractivity contribution is 7.89. The molecule has 112 valence electrons. The Morgan fingerprint density at radius 2 is 2.20 bits per heavy atom. The van der Waals surface area contributed by atoms with Crippen LogP contribution in [-0.2, 0) is 10.0 Å². The van der Waals surface area contributed by atoms with Gasteiger partial charge in [-0.05, 0) is 37.6 Å². The van der Waals surface area contributed by atoms with Crippen molar-refractivity contribution >= 4 is 21.4 Å². The quantitative estimate of drug-likeness (QED) is 0.699. The van der Waals surface area contributed by atoms with Gasteiger partial charge in [0.2, 0.25) is 10.0 Å². The van der Waals surface area contributed by atoms with Gasteiger partial charge in [-0.2, -0.15) is 0 Å². The zero-order chi connectivity index (χ0) is 14.9. The van der Waals surface area contributed by atoms with Crippen molar-refractivity contribution in [2.75, 3.05) is 30.8 Å². The van der Waals surface area contributed by atoms with Gasteiger partial charge in [0.25, 0.3) is 0 Å². The predicted octanol–water partition coefficient (Wildman–Crippen LogP) is 0.384. The maximum absolute atomic E-state index is 11.9. The zero-order valence-corrected chi connectivity index (χ0v) is 12.5. The van der Waals surface area contributed by atoms with E-state index in [0.717, 1.165) is 13.0 Å². The number of sulfonamides is 1. The second-order valence-corrected chi connectivity index (χ2v) is 7.02. The number of nitrogens with two attached hydrogens (primary N) is 1. The van der Waals surface area contributed by atoms with Crippen molar-refractivity contribution in [2.45, 2.75) is 24.3 Å². The molecular formula is C13H21N3O3S. The fourth-order valence-corrected chi connectivity index (χ4v) is 3.39. The first-order valence-electron chi connectivity index (χ1n) is 6.61. The summed E-state index contributed by atoms with van der Waals surface area (Å²) in [6.07, 6.45) is 0.952. The number of aliphatic hydroxyl groups excluding tert-OH is 1. The highest BCUT2D eigenvalue weighted by atomic mass is 32.2. The molecule has 2 unspecified atom stereocenters. The summed E-state index contributed by atoms with van der Waals surface area (Å²) in [6, 6.07) is 4.63. The molecule has 1 saturated heterocycles. The minimum absolute atomic E-state index is 0.0233. The van der Waals surface area contributed by atoms with E-state index >= 15 is 0 Å². The predicted molar refractivity (Wildman–Crippen MR) is 79.1 cm³/mol. The van der Waals surface area contributed by atoms with Gasteiger partial charge in [0.05, 0.1) is 28.9 Å². The number of aliphatic hydroxyl groups is 1. The number of nitrogens with one attached hydrogen (secondary N) is 1. The van der Waals surface area contributed by atoms with E-state index in [4.69, 9.17) is 5.73 Å². The van der Waals surface area contributed by atoms with E-state index in [-0.39, 0.29) is 17.5 Å². The van der Waals surface area contributed by atoms with Gasteiger partial charge in [0.1, 0.15) is 0 Å². The molecule has 0 saturated carbocycles. The third kappa shape index (κ3) is 2.61. The lowest BCUT2D eigenvalue weighted by atomic mass is 10.0. The van der Waals surface area contributed by atoms with Crippen molar-refractivity contribution in [2.24, 2.45) is 5.92 Å². The molecule has 2 atom stereocenters. The Kier molecular flexibility index (Phi) is 4.22. The van der Waals surface area contributed by atoms with Crippen molar-refractivity contribution in [3.63, 3.8) is 0 Å². The van der Waals surface area contributed by atoms with Crippen molar-refractivity contribution < 1.29 is 13.5 Å². The lowest BCUT2D eigenvalue weighted by molar-refractivity contribution is 0.245. The average Bonchev–Trinajstić information content (AvgIpc) is 2.80. The van der Waals surface area contributed by atoms with Crippen LogP contribution in [0.1, 0.15) is 13.3 Å². The van der Waals surface area contributed by atoms with E-state index < -0.39 is 10.0 Å². The number of benzene rings is 1. The van der Waals surface area contributed by atoms with E-state index in [1.165, 1.54) is 13.1 Å². The molecule has 4 N–H and O–H groups in total. The van der Waals surface area contributed by atoms with Gasteiger partial charge in [0.15, 0.2) is 0 Å². The molecule has 1 fully saturated rings. The number of hydrogen-bond donors (Lipinski definition) is 3. The summed E-state index contributed by atoms with van der Waals surface area (Å²) in [7, 11) is -2.12. The van der Waals surface area contributed by atoms with Crippen LogP contribution >= 0.6 is 0 Å². The minimum atomic E-state index is -3.50. The second kappa shape index (κ2) is 5.59. The molecule has 6 nitrogen and oxygen atoms in total. The fraction of sp³-hybridized carbons (Fsp3) is 0.538.